The van der Waals surface area contributed by atoms with Crippen molar-refractivity contribution in [3.05, 3.63) is 12.2 Å². The van der Waals surface area contributed by atoms with Crippen LogP contribution in [-0.4, -0.2) is 46.0 Å². The van der Waals surface area contributed by atoms with Gasteiger partial charge in [0, 0.05) is 22.8 Å². The lowest BCUT2D eigenvalue weighted by Gasteiger charge is -2.18. The Morgan fingerprint density at radius 1 is 1.27 bits per heavy atom. The normalized spacial score (nSPS) is 32.1. The number of unbranched alkanes of at least 4 members (excludes halogenated alkanes) is 3. The highest BCUT2D eigenvalue weighted by atomic mass is 32.2. The number of thioether (sulfide) groups is 1. The maximum absolute atomic E-state index is 11.2. The van der Waals surface area contributed by atoms with E-state index >= 15 is 0 Å². The van der Waals surface area contributed by atoms with Gasteiger partial charge in [-0.3, -0.25) is 4.79 Å². The van der Waals surface area contributed by atoms with Gasteiger partial charge in [-0.25, -0.2) is 0 Å². The van der Waals surface area contributed by atoms with E-state index in [0.717, 1.165) is 51.4 Å². The van der Waals surface area contributed by atoms with Gasteiger partial charge in [0.2, 0.25) is 0 Å². The van der Waals surface area contributed by atoms with Gasteiger partial charge in [-0.05, 0) is 38.0 Å². The van der Waals surface area contributed by atoms with Crippen LogP contribution in [0.15, 0.2) is 12.2 Å². The third-order valence-electron chi connectivity index (χ3n) is 5.84. The average molecular weight is 385 g/mol. The van der Waals surface area contributed by atoms with Crippen molar-refractivity contribution < 1.29 is 19.7 Å². The number of hydrogen-bond acceptors (Lipinski definition) is 5. The Hall–Kier alpha value is -0.520. The molecule has 5 heteroatoms. The number of hydrogen-bond donors (Lipinski definition) is 2. The average Bonchev–Trinajstić information content (AvgIpc) is 3.13. The number of aliphatic hydroxyl groups is 2. The summed E-state index contributed by atoms with van der Waals surface area (Å²) in [6, 6.07) is 0. The second-order valence-electron chi connectivity index (χ2n) is 7.85. The van der Waals surface area contributed by atoms with Gasteiger partial charge >= 0.3 is 5.97 Å². The topological polar surface area (TPSA) is 66.8 Å². The van der Waals surface area contributed by atoms with Crippen LogP contribution in [0.3, 0.4) is 0 Å². The molecule has 4 nitrogen and oxygen atoms in total. The highest BCUT2D eigenvalue weighted by Crippen LogP contribution is 2.52. The second kappa shape index (κ2) is 11.4. The maximum Gasteiger partial charge on any atom is 0.305 e. The maximum atomic E-state index is 11.2. The summed E-state index contributed by atoms with van der Waals surface area (Å²) in [4.78, 5) is 11.2. The Morgan fingerprint density at radius 2 is 2.08 bits per heavy atom. The predicted molar refractivity (Wildman–Crippen MR) is 107 cm³/mol. The van der Waals surface area contributed by atoms with Crippen LogP contribution in [0.4, 0.5) is 0 Å². The Balaban J connectivity index is 1.74. The predicted octanol–water partition coefficient (Wildman–Crippen LogP) is 4.09. The zero-order chi connectivity index (χ0) is 18.9. The fourth-order valence-corrected chi connectivity index (χ4v) is 6.26. The number of carbonyl (C=O) groups is 1. The molecule has 1 heterocycles. The summed E-state index contributed by atoms with van der Waals surface area (Å²) in [5, 5.41) is 21.7. The minimum atomic E-state index is -0.379. The van der Waals surface area contributed by atoms with Crippen LogP contribution in [0.5, 0.6) is 0 Å². The summed E-state index contributed by atoms with van der Waals surface area (Å²) in [6.45, 7) is 2.17. The minimum absolute atomic E-state index is 0.119. The molecule has 0 amide bonds. The van der Waals surface area contributed by atoms with Crippen LogP contribution in [0.2, 0.25) is 0 Å². The number of rotatable bonds is 11. The largest absolute Gasteiger partial charge is 0.469 e. The first kappa shape index (κ1) is 21.8. The summed E-state index contributed by atoms with van der Waals surface area (Å²) in [6.07, 6.45) is 13.2. The summed E-state index contributed by atoms with van der Waals surface area (Å²) < 4.78 is 4.69. The molecule has 0 bridgehead atoms. The van der Waals surface area contributed by atoms with Gasteiger partial charge in [0.25, 0.3) is 0 Å². The third-order valence-corrected chi connectivity index (χ3v) is 7.54. The number of carbonyl (C=O) groups excluding carboxylic acids is 1. The molecule has 1 unspecified atom stereocenters. The van der Waals surface area contributed by atoms with Crippen LogP contribution < -0.4 is 0 Å². The van der Waals surface area contributed by atoms with E-state index in [4.69, 9.17) is 0 Å². The van der Waals surface area contributed by atoms with Crippen LogP contribution in [0.25, 0.3) is 0 Å². The molecule has 6 atom stereocenters. The molecule has 1 aliphatic carbocycles. The zero-order valence-electron chi connectivity index (χ0n) is 16.3. The molecule has 26 heavy (non-hydrogen) atoms. The highest BCUT2D eigenvalue weighted by Gasteiger charge is 2.47. The quantitative estimate of drug-likeness (QED) is 0.319. The van der Waals surface area contributed by atoms with E-state index in [2.05, 4.69) is 17.7 Å². The van der Waals surface area contributed by atoms with Crippen molar-refractivity contribution in [2.45, 2.75) is 93.8 Å². The first-order valence-electron chi connectivity index (χ1n) is 10.3. The molecule has 0 spiro atoms. The van der Waals surface area contributed by atoms with Gasteiger partial charge in [0.1, 0.15) is 0 Å². The monoisotopic (exact) mass is 384 g/mol. The van der Waals surface area contributed by atoms with Crippen molar-refractivity contribution in [3.63, 3.8) is 0 Å². The van der Waals surface area contributed by atoms with E-state index in [1.807, 2.05) is 17.8 Å². The lowest BCUT2D eigenvalue weighted by Crippen LogP contribution is -2.19. The van der Waals surface area contributed by atoms with Gasteiger partial charge in [-0.15, -0.1) is 0 Å². The standard InChI is InChI=1S/C21H36O4S/c1-3-4-5-8-15(22)11-12-17-18-13-16(26-20(18)14-19(17)23)9-6-7-10-21(24)25-2/h11-12,15-20,22-23H,3-10,13-14H2,1-2H3/b12-11+/t15-,16?,17+,18+,19+,20+/m0/s1. The van der Waals surface area contributed by atoms with E-state index in [-0.39, 0.29) is 24.1 Å². The first-order valence-corrected chi connectivity index (χ1v) is 11.3. The molecular formula is C21H36O4S. The Bertz CT molecular complexity index is 453. The molecule has 0 radical (unpaired) electrons. The molecule has 2 N–H and O–H groups in total. The van der Waals surface area contributed by atoms with E-state index < -0.39 is 0 Å². The minimum Gasteiger partial charge on any atom is -0.469 e. The van der Waals surface area contributed by atoms with Gasteiger partial charge in [0.15, 0.2) is 0 Å². The van der Waals surface area contributed by atoms with Crippen molar-refractivity contribution in [1.29, 1.82) is 0 Å². The fourth-order valence-electron chi connectivity index (χ4n) is 4.33. The summed E-state index contributed by atoms with van der Waals surface area (Å²) in [5.41, 5.74) is 0. The number of aliphatic hydroxyl groups excluding tert-OH is 2. The van der Waals surface area contributed by atoms with Crippen LogP contribution >= 0.6 is 11.8 Å². The summed E-state index contributed by atoms with van der Waals surface area (Å²) >= 11 is 2.03. The first-order chi connectivity index (χ1) is 12.5. The van der Waals surface area contributed by atoms with E-state index in [9.17, 15) is 15.0 Å². The van der Waals surface area contributed by atoms with Gasteiger partial charge in [-0.2, -0.15) is 11.8 Å². The van der Waals surface area contributed by atoms with Crippen molar-refractivity contribution >= 4 is 17.7 Å². The SMILES string of the molecule is CCCCC[C@H](O)/C=C/[C@@H]1[C@H]2CC(CCCCC(=O)OC)S[C@@H]2C[C@H]1O. The lowest BCUT2D eigenvalue weighted by molar-refractivity contribution is -0.140. The van der Waals surface area contributed by atoms with Gasteiger partial charge in [0.05, 0.1) is 19.3 Å². The molecule has 2 rings (SSSR count). The molecule has 1 aliphatic heterocycles. The highest BCUT2D eigenvalue weighted by molar-refractivity contribution is 8.00. The van der Waals surface area contributed by atoms with Crippen LogP contribution in [0, 0.1) is 11.8 Å². The number of esters is 1. The Labute approximate surface area is 162 Å². The van der Waals surface area contributed by atoms with E-state index in [1.54, 1.807) is 0 Å². The van der Waals surface area contributed by atoms with Crippen molar-refractivity contribution in [1.82, 2.24) is 0 Å². The van der Waals surface area contributed by atoms with Gasteiger partial charge < -0.3 is 14.9 Å². The van der Waals surface area contributed by atoms with E-state index in [1.165, 1.54) is 13.5 Å². The Kier molecular flexibility index (Phi) is 9.51. The van der Waals surface area contributed by atoms with Crippen LogP contribution in [0.1, 0.15) is 71.1 Å². The molecule has 0 aromatic heterocycles. The summed E-state index contributed by atoms with van der Waals surface area (Å²) in [5.74, 6) is 0.597. The molecule has 1 saturated carbocycles. The zero-order valence-corrected chi connectivity index (χ0v) is 17.1. The van der Waals surface area contributed by atoms with Crippen LogP contribution in [-0.2, 0) is 9.53 Å². The van der Waals surface area contributed by atoms with Crippen molar-refractivity contribution in [2.75, 3.05) is 7.11 Å². The van der Waals surface area contributed by atoms with E-state index in [0.29, 0.717) is 22.8 Å². The molecule has 0 aromatic carbocycles. The van der Waals surface area contributed by atoms with Gasteiger partial charge in [-0.1, -0.05) is 44.8 Å². The lowest BCUT2D eigenvalue weighted by atomic mass is 9.89. The molecule has 2 aliphatic rings. The van der Waals surface area contributed by atoms with Crippen molar-refractivity contribution in [3.8, 4) is 0 Å². The second-order valence-corrected chi connectivity index (χ2v) is 9.39. The molecule has 1 saturated heterocycles. The molecule has 150 valence electrons. The number of fused-ring (bicyclic) bond motifs is 1. The van der Waals surface area contributed by atoms with Crippen molar-refractivity contribution in [2.24, 2.45) is 11.8 Å². The molecule has 0 aromatic rings. The Morgan fingerprint density at radius 3 is 2.81 bits per heavy atom. The smallest absolute Gasteiger partial charge is 0.305 e. The molecule has 2 fully saturated rings. The molecular weight excluding hydrogens is 348 g/mol. The number of methoxy groups -OCH3 is 1. The number of ether oxygens (including phenoxy) is 1. The third kappa shape index (κ3) is 6.58. The fraction of sp³-hybridized carbons (Fsp3) is 0.857. The summed E-state index contributed by atoms with van der Waals surface area (Å²) in [7, 11) is 1.44.